The third-order valence-corrected chi connectivity index (χ3v) is 2.83. The lowest BCUT2D eigenvalue weighted by Gasteiger charge is -2.21. The van der Waals surface area contributed by atoms with E-state index < -0.39 is 15.0 Å². The normalized spacial score (nSPS) is 13.5. The van der Waals surface area contributed by atoms with Crippen molar-refractivity contribution in [3.05, 3.63) is 0 Å². The molecule has 0 bridgehead atoms. The van der Waals surface area contributed by atoms with Crippen LogP contribution in [0.3, 0.4) is 0 Å². The number of nitrogens with two attached hydrogens (primary N) is 1. The third-order valence-electron chi connectivity index (χ3n) is 1.34. The zero-order chi connectivity index (χ0) is 9.12. The van der Waals surface area contributed by atoms with Crippen LogP contribution in [0.5, 0.6) is 0 Å². The number of primary sulfonamides is 1. The summed E-state index contributed by atoms with van der Waals surface area (Å²) in [5.74, 6) is 0. The summed E-state index contributed by atoms with van der Waals surface area (Å²) in [6, 6.07) is 0. The molecular formula is C6H15NO3S. The van der Waals surface area contributed by atoms with Gasteiger partial charge >= 0.3 is 0 Å². The molecule has 0 aliphatic carbocycles. The molecule has 0 heterocycles. The molecule has 0 aromatic carbocycles. The molecule has 0 spiro atoms. The molecule has 0 saturated carbocycles. The minimum absolute atomic E-state index is 0.406. The van der Waals surface area contributed by atoms with Gasteiger partial charge in [-0.1, -0.05) is 6.92 Å². The molecule has 68 valence electrons. The van der Waals surface area contributed by atoms with Crippen LogP contribution >= 0.6 is 0 Å². The van der Waals surface area contributed by atoms with Gasteiger partial charge in [0.15, 0.2) is 4.93 Å². The number of hydrogen-bond donors (Lipinski definition) is 1. The molecule has 0 saturated heterocycles. The highest BCUT2D eigenvalue weighted by Gasteiger charge is 2.31. The summed E-state index contributed by atoms with van der Waals surface area (Å²) < 4.78 is 26.7. The van der Waals surface area contributed by atoms with Crippen LogP contribution in [0.15, 0.2) is 0 Å². The van der Waals surface area contributed by atoms with Crippen LogP contribution in [0, 0.1) is 0 Å². The fourth-order valence-electron chi connectivity index (χ4n) is 0.430. The summed E-state index contributed by atoms with van der Waals surface area (Å²) in [6.45, 7) is 5.19. The van der Waals surface area contributed by atoms with Crippen molar-refractivity contribution in [2.45, 2.75) is 32.1 Å². The van der Waals surface area contributed by atoms with Crippen molar-refractivity contribution < 1.29 is 13.2 Å². The van der Waals surface area contributed by atoms with E-state index in [1.54, 1.807) is 0 Å². The van der Waals surface area contributed by atoms with Crippen LogP contribution in [0.2, 0.25) is 0 Å². The molecule has 0 fully saturated rings. The SMILES string of the molecule is CCCOC(C)(C)S(N)(=O)=O. The van der Waals surface area contributed by atoms with Gasteiger partial charge in [0.25, 0.3) is 0 Å². The minimum Gasteiger partial charge on any atom is -0.358 e. The summed E-state index contributed by atoms with van der Waals surface area (Å²) in [6.07, 6.45) is 0.777. The number of sulfonamides is 1. The maximum absolute atomic E-state index is 10.8. The molecular weight excluding hydrogens is 166 g/mol. The number of hydrogen-bond acceptors (Lipinski definition) is 3. The molecule has 0 atom stereocenters. The Hall–Kier alpha value is -0.130. The molecule has 0 aromatic rings. The van der Waals surface area contributed by atoms with Crippen LogP contribution in [0.1, 0.15) is 27.2 Å². The molecule has 0 aliphatic rings. The Kier molecular flexibility index (Phi) is 3.47. The Bertz CT molecular complexity index is 208. The molecule has 0 aromatic heterocycles. The number of ether oxygens (including phenoxy) is 1. The van der Waals surface area contributed by atoms with E-state index in [1.165, 1.54) is 13.8 Å². The first-order valence-corrected chi connectivity index (χ1v) is 5.02. The second-order valence-corrected chi connectivity index (χ2v) is 4.87. The second-order valence-electron chi connectivity index (χ2n) is 2.79. The van der Waals surface area contributed by atoms with Gasteiger partial charge in [-0.2, -0.15) is 0 Å². The summed E-state index contributed by atoms with van der Waals surface area (Å²) in [7, 11) is -3.60. The van der Waals surface area contributed by atoms with Gasteiger partial charge in [0.05, 0.1) is 0 Å². The first kappa shape index (κ1) is 10.9. The van der Waals surface area contributed by atoms with E-state index in [4.69, 9.17) is 9.88 Å². The second kappa shape index (κ2) is 3.51. The smallest absolute Gasteiger partial charge is 0.238 e. The number of rotatable bonds is 4. The van der Waals surface area contributed by atoms with Crippen LogP contribution in [0.4, 0.5) is 0 Å². The maximum Gasteiger partial charge on any atom is 0.238 e. The van der Waals surface area contributed by atoms with Crippen LogP contribution in [-0.4, -0.2) is 20.0 Å². The predicted molar refractivity (Wildman–Crippen MR) is 43.4 cm³/mol. The van der Waals surface area contributed by atoms with E-state index in [0.717, 1.165) is 6.42 Å². The van der Waals surface area contributed by atoms with Crippen molar-refractivity contribution in [3.63, 3.8) is 0 Å². The van der Waals surface area contributed by atoms with E-state index in [0.29, 0.717) is 6.61 Å². The zero-order valence-electron chi connectivity index (χ0n) is 7.12. The first-order valence-electron chi connectivity index (χ1n) is 3.47. The van der Waals surface area contributed by atoms with Gasteiger partial charge in [0.2, 0.25) is 10.0 Å². The Balaban J connectivity index is 4.24. The Morgan fingerprint density at radius 2 is 1.91 bits per heavy atom. The van der Waals surface area contributed by atoms with Crippen molar-refractivity contribution in [2.24, 2.45) is 5.14 Å². The van der Waals surface area contributed by atoms with Crippen molar-refractivity contribution >= 4 is 10.0 Å². The van der Waals surface area contributed by atoms with Gasteiger partial charge in [0.1, 0.15) is 0 Å². The highest BCUT2D eigenvalue weighted by Crippen LogP contribution is 2.14. The van der Waals surface area contributed by atoms with Crippen molar-refractivity contribution in [1.82, 2.24) is 0 Å². The zero-order valence-corrected chi connectivity index (χ0v) is 7.94. The van der Waals surface area contributed by atoms with Gasteiger partial charge in [-0.3, -0.25) is 0 Å². The minimum atomic E-state index is -3.60. The quantitative estimate of drug-likeness (QED) is 0.684. The van der Waals surface area contributed by atoms with Gasteiger partial charge in [0, 0.05) is 6.61 Å². The molecule has 0 amide bonds. The molecule has 4 nitrogen and oxygen atoms in total. The molecule has 0 rings (SSSR count). The predicted octanol–water partition coefficient (Wildman–Crippen LogP) is 0.438. The average molecular weight is 181 g/mol. The Morgan fingerprint density at radius 1 is 1.45 bits per heavy atom. The first-order chi connectivity index (χ1) is 4.81. The third kappa shape index (κ3) is 3.18. The van der Waals surface area contributed by atoms with Crippen molar-refractivity contribution in [2.75, 3.05) is 6.61 Å². The lowest BCUT2D eigenvalue weighted by Crippen LogP contribution is -2.40. The van der Waals surface area contributed by atoms with Crippen molar-refractivity contribution in [1.29, 1.82) is 0 Å². The van der Waals surface area contributed by atoms with E-state index in [9.17, 15) is 8.42 Å². The summed E-state index contributed by atoms with van der Waals surface area (Å²) in [5.41, 5.74) is 0. The molecule has 0 unspecified atom stereocenters. The summed E-state index contributed by atoms with van der Waals surface area (Å²) in [4.78, 5) is -1.26. The van der Waals surface area contributed by atoms with Crippen LogP contribution < -0.4 is 5.14 Å². The molecule has 0 aliphatic heterocycles. The monoisotopic (exact) mass is 181 g/mol. The fraction of sp³-hybridized carbons (Fsp3) is 1.00. The molecule has 2 N–H and O–H groups in total. The van der Waals surface area contributed by atoms with Crippen molar-refractivity contribution in [3.8, 4) is 0 Å². The van der Waals surface area contributed by atoms with Gasteiger partial charge in [-0.15, -0.1) is 0 Å². The molecule has 5 heteroatoms. The summed E-state index contributed by atoms with van der Waals surface area (Å²) in [5, 5.41) is 4.90. The highest BCUT2D eigenvalue weighted by molar-refractivity contribution is 7.90. The topological polar surface area (TPSA) is 69.4 Å². The molecule has 0 radical (unpaired) electrons. The van der Waals surface area contributed by atoms with E-state index >= 15 is 0 Å². The Morgan fingerprint density at radius 3 is 2.18 bits per heavy atom. The standard InChI is InChI=1S/C6H15NO3S/c1-4-5-10-6(2,3)11(7,8)9/h4-5H2,1-3H3,(H2,7,8,9). The van der Waals surface area contributed by atoms with E-state index in [-0.39, 0.29) is 0 Å². The van der Waals surface area contributed by atoms with E-state index in [2.05, 4.69) is 0 Å². The lowest BCUT2D eigenvalue weighted by atomic mass is 10.4. The summed E-state index contributed by atoms with van der Waals surface area (Å²) >= 11 is 0. The molecule has 11 heavy (non-hydrogen) atoms. The lowest BCUT2D eigenvalue weighted by molar-refractivity contribution is 0.0448. The average Bonchev–Trinajstić information content (AvgIpc) is 1.81. The highest BCUT2D eigenvalue weighted by atomic mass is 32.2. The maximum atomic E-state index is 10.8. The van der Waals surface area contributed by atoms with Gasteiger partial charge in [-0.05, 0) is 20.3 Å². The van der Waals surface area contributed by atoms with Gasteiger partial charge < -0.3 is 4.74 Å². The largest absolute Gasteiger partial charge is 0.358 e. The van der Waals surface area contributed by atoms with Crippen LogP contribution in [0.25, 0.3) is 0 Å². The fourth-order valence-corrected chi connectivity index (χ4v) is 0.678. The van der Waals surface area contributed by atoms with E-state index in [1.807, 2.05) is 6.92 Å². The van der Waals surface area contributed by atoms with Gasteiger partial charge in [-0.25, -0.2) is 13.6 Å². The Labute approximate surface area is 67.8 Å². The van der Waals surface area contributed by atoms with Crippen LogP contribution in [-0.2, 0) is 14.8 Å².